The summed E-state index contributed by atoms with van der Waals surface area (Å²) >= 11 is 1.43. The van der Waals surface area contributed by atoms with Crippen molar-refractivity contribution in [3.63, 3.8) is 0 Å². The van der Waals surface area contributed by atoms with Crippen LogP contribution >= 0.6 is 11.3 Å². The third-order valence-corrected chi connectivity index (χ3v) is 5.06. The lowest BCUT2D eigenvalue weighted by Gasteiger charge is -2.05. The highest BCUT2D eigenvalue weighted by Gasteiger charge is 2.15. The molecule has 29 heavy (non-hydrogen) atoms. The summed E-state index contributed by atoms with van der Waals surface area (Å²) in [7, 11) is 6.34. The number of hydrogen-bond donors (Lipinski definition) is 1. The molecule has 0 spiro atoms. The zero-order valence-corrected chi connectivity index (χ0v) is 17.0. The lowest BCUT2D eigenvalue weighted by atomic mass is 10.2. The minimum Gasteiger partial charge on any atom is -0.497 e. The van der Waals surface area contributed by atoms with E-state index in [1.54, 1.807) is 46.6 Å². The van der Waals surface area contributed by atoms with Gasteiger partial charge in [-0.1, -0.05) is 16.4 Å². The molecule has 0 aliphatic heterocycles. The minimum atomic E-state index is 0.222. The molecule has 2 aromatic carbocycles. The highest BCUT2D eigenvalue weighted by molar-refractivity contribution is 7.22. The molecule has 150 valence electrons. The minimum absolute atomic E-state index is 0.222. The summed E-state index contributed by atoms with van der Waals surface area (Å²) in [6.45, 7) is 0. The Balaban J connectivity index is 1.61. The van der Waals surface area contributed by atoms with Gasteiger partial charge in [0.25, 0.3) is 0 Å². The Morgan fingerprint density at radius 1 is 0.828 bits per heavy atom. The summed E-state index contributed by atoms with van der Waals surface area (Å²) in [4.78, 5) is 4.53. The molecule has 0 aliphatic carbocycles. The number of aromatic nitrogens is 3. The normalized spacial score (nSPS) is 10.8. The van der Waals surface area contributed by atoms with E-state index >= 15 is 0 Å². The monoisotopic (exact) mass is 414 g/mol. The van der Waals surface area contributed by atoms with Crippen molar-refractivity contribution in [1.29, 1.82) is 0 Å². The molecule has 0 radical (unpaired) electrons. The van der Waals surface area contributed by atoms with E-state index in [2.05, 4.69) is 20.5 Å². The summed E-state index contributed by atoms with van der Waals surface area (Å²) in [5.41, 5.74) is 1.45. The number of anilines is 2. The van der Waals surface area contributed by atoms with Gasteiger partial charge in [-0.3, -0.25) is 5.32 Å². The Morgan fingerprint density at radius 3 is 2.17 bits per heavy atom. The number of ether oxygens (including phenoxy) is 4. The molecule has 0 saturated heterocycles. The SMILES string of the molecule is COc1cc(OC)cc(-c2nnc(Nc3nc4cc(OC)c(OC)cc4s3)o2)c1. The van der Waals surface area contributed by atoms with Crippen molar-refractivity contribution in [2.24, 2.45) is 0 Å². The van der Waals surface area contributed by atoms with Crippen LogP contribution in [0.25, 0.3) is 21.7 Å². The molecule has 4 rings (SSSR count). The largest absolute Gasteiger partial charge is 0.497 e. The van der Waals surface area contributed by atoms with Crippen molar-refractivity contribution in [3.8, 4) is 34.5 Å². The van der Waals surface area contributed by atoms with Crippen LogP contribution in [0.2, 0.25) is 0 Å². The van der Waals surface area contributed by atoms with E-state index in [9.17, 15) is 0 Å². The number of fused-ring (bicyclic) bond motifs is 1. The Bertz CT molecular complexity index is 1090. The zero-order valence-electron chi connectivity index (χ0n) is 16.2. The van der Waals surface area contributed by atoms with E-state index in [4.69, 9.17) is 23.4 Å². The maximum Gasteiger partial charge on any atom is 0.322 e. The highest BCUT2D eigenvalue weighted by Crippen LogP contribution is 2.37. The summed E-state index contributed by atoms with van der Waals surface area (Å²) in [6.07, 6.45) is 0. The molecule has 9 nitrogen and oxygen atoms in total. The number of methoxy groups -OCH3 is 4. The number of nitrogens with zero attached hydrogens (tertiary/aromatic N) is 3. The van der Waals surface area contributed by atoms with Gasteiger partial charge in [0.2, 0.25) is 5.89 Å². The van der Waals surface area contributed by atoms with Crippen molar-refractivity contribution in [3.05, 3.63) is 30.3 Å². The second-order valence-electron chi connectivity index (χ2n) is 5.83. The van der Waals surface area contributed by atoms with E-state index in [0.29, 0.717) is 39.6 Å². The smallest absolute Gasteiger partial charge is 0.322 e. The van der Waals surface area contributed by atoms with Gasteiger partial charge in [0.1, 0.15) is 11.5 Å². The molecule has 0 bridgehead atoms. The first-order valence-corrected chi connectivity index (χ1v) is 9.31. The average Bonchev–Trinajstić information content (AvgIpc) is 3.38. The molecule has 4 aromatic rings. The van der Waals surface area contributed by atoms with E-state index in [1.165, 1.54) is 11.3 Å². The Hall–Kier alpha value is -3.53. The molecule has 0 fully saturated rings. The van der Waals surface area contributed by atoms with Crippen LogP contribution in [-0.2, 0) is 0 Å². The van der Waals surface area contributed by atoms with Gasteiger partial charge in [0.05, 0.1) is 38.7 Å². The molecule has 0 saturated carbocycles. The van der Waals surface area contributed by atoms with Crippen LogP contribution < -0.4 is 24.3 Å². The molecular weight excluding hydrogens is 396 g/mol. The van der Waals surface area contributed by atoms with E-state index in [0.717, 1.165) is 10.2 Å². The first kappa shape index (κ1) is 18.8. The Morgan fingerprint density at radius 2 is 1.52 bits per heavy atom. The van der Waals surface area contributed by atoms with Crippen LogP contribution in [-0.4, -0.2) is 43.6 Å². The number of benzene rings is 2. The molecule has 0 atom stereocenters. The number of hydrogen-bond acceptors (Lipinski definition) is 10. The molecule has 0 unspecified atom stereocenters. The predicted octanol–water partition coefficient (Wildman–Crippen LogP) is 4.12. The third-order valence-electron chi connectivity index (χ3n) is 4.13. The molecule has 0 aliphatic rings. The fraction of sp³-hybridized carbons (Fsp3) is 0.211. The van der Waals surface area contributed by atoms with Crippen LogP contribution in [0.3, 0.4) is 0 Å². The quantitative estimate of drug-likeness (QED) is 0.478. The van der Waals surface area contributed by atoms with E-state index < -0.39 is 0 Å². The van der Waals surface area contributed by atoms with Crippen molar-refractivity contribution in [2.45, 2.75) is 0 Å². The van der Waals surface area contributed by atoms with Gasteiger partial charge in [-0.2, -0.15) is 0 Å². The van der Waals surface area contributed by atoms with Gasteiger partial charge in [-0.15, -0.1) is 5.10 Å². The van der Waals surface area contributed by atoms with Crippen LogP contribution in [0.1, 0.15) is 0 Å². The van der Waals surface area contributed by atoms with Crippen molar-refractivity contribution < 1.29 is 23.4 Å². The van der Waals surface area contributed by atoms with Crippen LogP contribution in [0.4, 0.5) is 11.1 Å². The number of nitrogens with one attached hydrogen (secondary N) is 1. The van der Waals surface area contributed by atoms with Gasteiger partial charge in [0, 0.05) is 23.8 Å². The van der Waals surface area contributed by atoms with Gasteiger partial charge in [-0.25, -0.2) is 4.98 Å². The number of thiazole rings is 1. The maximum absolute atomic E-state index is 5.73. The highest BCUT2D eigenvalue weighted by atomic mass is 32.1. The molecule has 0 amide bonds. The lowest BCUT2D eigenvalue weighted by Crippen LogP contribution is -1.90. The van der Waals surface area contributed by atoms with Gasteiger partial charge in [0.15, 0.2) is 16.6 Å². The first-order valence-electron chi connectivity index (χ1n) is 8.50. The predicted molar refractivity (Wildman–Crippen MR) is 109 cm³/mol. The third kappa shape index (κ3) is 3.74. The Kier molecular flexibility index (Phi) is 5.09. The van der Waals surface area contributed by atoms with Gasteiger partial charge in [-0.05, 0) is 12.1 Å². The second kappa shape index (κ2) is 7.84. The summed E-state index contributed by atoms with van der Waals surface area (Å²) in [6, 6.07) is 9.25. The summed E-state index contributed by atoms with van der Waals surface area (Å²) in [5.74, 6) is 2.84. The molecular formula is C19H18N4O5S. The summed E-state index contributed by atoms with van der Waals surface area (Å²) < 4.78 is 27.9. The van der Waals surface area contributed by atoms with E-state index in [-0.39, 0.29) is 6.01 Å². The van der Waals surface area contributed by atoms with Crippen molar-refractivity contribution in [1.82, 2.24) is 15.2 Å². The van der Waals surface area contributed by atoms with Crippen LogP contribution in [0.15, 0.2) is 34.7 Å². The fourth-order valence-electron chi connectivity index (χ4n) is 2.72. The Labute approximate surface area is 170 Å². The molecule has 2 heterocycles. The van der Waals surface area contributed by atoms with Gasteiger partial charge >= 0.3 is 6.01 Å². The topological polar surface area (TPSA) is 101 Å². The average molecular weight is 414 g/mol. The molecule has 1 N–H and O–H groups in total. The van der Waals surface area contributed by atoms with Crippen LogP contribution in [0.5, 0.6) is 23.0 Å². The molecule has 2 aromatic heterocycles. The van der Waals surface area contributed by atoms with Crippen molar-refractivity contribution >= 4 is 32.7 Å². The zero-order chi connectivity index (χ0) is 20.4. The maximum atomic E-state index is 5.73. The number of rotatable bonds is 7. The molecule has 10 heteroatoms. The fourth-order valence-corrected chi connectivity index (χ4v) is 3.59. The van der Waals surface area contributed by atoms with Crippen molar-refractivity contribution in [2.75, 3.05) is 33.8 Å². The van der Waals surface area contributed by atoms with E-state index in [1.807, 2.05) is 12.1 Å². The van der Waals surface area contributed by atoms with Crippen LogP contribution in [0, 0.1) is 0 Å². The lowest BCUT2D eigenvalue weighted by molar-refractivity contribution is 0.356. The first-order chi connectivity index (χ1) is 14.1. The van der Waals surface area contributed by atoms with Gasteiger partial charge < -0.3 is 23.4 Å². The summed E-state index contributed by atoms with van der Waals surface area (Å²) in [5, 5.41) is 11.8. The second-order valence-corrected chi connectivity index (χ2v) is 6.86. The standard InChI is InChI=1S/C19H18N4O5S/c1-24-11-5-10(6-12(7-11)25-2)17-22-23-18(28-17)21-19-20-13-8-14(26-3)15(27-4)9-16(13)29-19/h5-9H,1-4H3,(H,20,21,23).